The molecule has 0 saturated heterocycles. The third-order valence-electron chi connectivity index (χ3n) is 18.2. The van der Waals surface area contributed by atoms with Crippen LogP contribution in [0.3, 0.4) is 0 Å². The van der Waals surface area contributed by atoms with Crippen LogP contribution in [0.1, 0.15) is 206 Å². The third kappa shape index (κ3) is 7.61. The second-order valence-electron chi connectivity index (χ2n) is 26.1. The highest BCUT2D eigenvalue weighted by Crippen LogP contribution is 2.61. The summed E-state index contributed by atoms with van der Waals surface area (Å²) in [7, 11) is 0. The minimum absolute atomic E-state index is 0.0225. The van der Waals surface area contributed by atoms with Crippen LogP contribution in [-0.2, 0) is 27.1 Å². The molecule has 0 saturated carbocycles. The predicted octanol–water partition coefficient (Wildman–Crippen LogP) is 19.2. The Labute approximate surface area is 442 Å². The molecule has 0 N–H and O–H groups in total. The molecule has 73 heavy (non-hydrogen) atoms. The van der Waals surface area contributed by atoms with E-state index < -0.39 is 6.85 Å². The number of hydrogen-bond donors (Lipinski definition) is 0. The van der Waals surface area contributed by atoms with E-state index in [0.717, 1.165) is 53.0 Å². The molecular formula is C72H75N. The number of hydrogen-bond acceptors (Lipinski definition) is 1. The fraction of sp³-hybridized carbons (Fsp3) is 0.333. The molecule has 3 unspecified atom stereocenters. The van der Waals surface area contributed by atoms with Crippen molar-refractivity contribution in [3.63, 3.8) is 0 Å². The number of para-hydroxylation sites is 2. The number of aryl methyl sites for hydroxylation is 2. The number of anilines is 3. The van der Waals surface area contributed by atoms with Gasteiger partial charge in [0.15, 0.2) is 0 Å². The van der Waals surface area contributed by atoms with Gasteiger partial charge in [-0.15, -0.1) is 0 Å². The molecule has 0 aliphatic heterocycles. The lowest BCUT2D eigenvalue weighted by Crippen LogP contribution is -2.36. The number of rotatable bonds is 6. The maximum Gasteiger partial charge on any atom is 0.0464 e. The quantitative estimate of drug-likeness (QED) is 0.161. The first-order valence-corrected chi connectivity index (χ1v) is 27.1. The fourth-order valence-electron chi connectivity index (χ4n) is 14.5. The van der Waals surface area contributed by atoms with E-state index in [2.05, 4.69) is 252 Å². The molecule has 0 spiro atoms. The minimum atomic E-state index is -2.37. The Morgan fingerprint density at radius 3 is 1.48 bits per heavy atom. The monoisotopic (exact) mass is 957 g/mol. The van der Waals surface area contributed by atoms with Crippen molar-refractivity contribution in [2.45, 2.75) is 154 Å². The van der Waals surface area contributed by atoms with Gasteiger partial charge in [-0.1, -0.05) is 209 Å². The normalized spacial score (nSPS) is 21.0. The summed E-state index contributed by atoms with van der Waals surface area (Å²) in [5.41, 5.74) is 25.2. The van der Waals surface area contributed by atoms with Gasteiger partial charge in [0.05, 0.1) is 0 Å². The van der Waals surface area contributed by atoms with E-state index in [1.165, 1.54) is 77.9 Å². The van der Waals surface area contributed by atoms with Crippen molar-refractivity contribution in [1.29, 1.82) is 0 Å². The zero-order valence-corrected chi connectivity index (χ0v) is 45.4. The summed E-state index contributed by atoms with van der Waals surface area (Å²) in [5, 5.41) is 0. The van der Waals surface area contributed by atoms with Crippen LogP contribution in [0, 0.1) is 13.8 Å². The first-order valence-electron chi connectivity index (χ1n) is 28.6. The van der Waals surface area contributed by atoms with E-state index in [1.807, 2.05) is 0 Å². The molecule has 0 bridgehead atoms. The number of benzene rings is 8. The van der Waals surface area contributed by atoms with E-state index in [9.17, 15) is 4.11 Å². The molecule has 0 amide bonds. The van der Waals surface area contributed by atoms with Crippen LogP contribution in [0.2, 0.25) is 0 Å². The SMILES string of the molecule is [2H]C([2H])([2H])c1cc2c3c(c1)C(c1ccc(C(C)(C)C)cc1-c1ccccc1)c1cc(N(c4ccccc4)c4ccccc4)ccc1C3c1cc3c(cc1C2c1cc2c(cc1C)C(C)(C)CC2(C)C)C(C)(C)CCC3(C)C. The summed E-state index contributed by atoms with van der Waals surface area (Å²) in [6.07, 6.45) is 3.30. The van der Waals surface area contributed by atoms with Crippen molar-refractivity contribution >= 4 is 17.1 Å². The Morgan fingerprint density at radius 2 is 0.918 bits per heavy atom. The Bertz CT molecular complexity index is 3570. The van der Waals surface area contributed by atoms with E-state index in [-0.39, 0.29) is 44.8 Å². The van der Waals surface area contributed by atoms with Crippen LogP contribution in [0.5, 0.6) is 0 Å². The molecule has 3 atom stereocenters. The minimum Gasteiger partial charge on any atom is -0.310 e. The zero-order valence-electron chi connectivity index (χ0n) is 48.4. The maximum absolute atomic E-state index is 9.40. The summed E-state index contributed by atoms with van der Waals surface area (Å²) < 4.78 is 28.2. The van der Waals surface area contributed by atoms with E-state index >= 15 is 0 Å². The molecule has 0 fully saturated rings. The highest BCUT2D eigenvalue weighted by atomic mass is 15.1. The van der Waals surface area contributed by atoms with Crippen molar-refractivity contribution in [3.8, 4) is 11.1 Å². The Balaban J connectivity index is 1.24. The lowest BCUT2D eigenvalue weighted by atomic mass is 9.56. The molecule has 0 radical (unpaired) electrons. The molecule has 4 aliphatic carbocycles. The lowest BCUT2D eigenvalue weighted by Gasteiger charge is -2.47. The molecule has 4 aliphatic rings. The van der Waals surface area contributed by atoms with Crippen molar-refractivity contribution in [1.82, 2.24) is 0 Å². The van der Waals surface area contributed by atoms with Gasteiger partial charge in [-0.05, 0) is 191 Å². The van der Waals surface area contributed by atoms with Gasteiger partial charge in [0, 0.05) is 38.9 Å². The average molecular weight is 957 g/mol. The molecule has 0 heterocycles. The van der Waals surface area contributed by atoms with Crippen molar-refractivity contribution in [3.05, 3.63) is 253 Å². The van der Waals surface area contributed by atoms with Gasteiger partial charge in [0.1, 0.15) is 0 Å². The molecule has 0 aromatic heterocycles. The van der Waals surface area contributed by atoms with Crippen LogP contribution >= 0.6 is 0 Å². The largest absolute Gasteiger partial charge is 0.310 e. The van der Waals surface area contributed by atoms with Crippen LogP contribution in [-0.4, -0.2) is 0 Å². The Kier molecular flexibility index (Phi) is 9.98. The van der Waals surface area contributed by atoms with Gasteiger partial charge >= 0.3 is 0 Å². The molecule has 12 rings (SSSR count). The van der Waals surface area contributed by atoms with E-state index in [0.29, 0.717) is 5.56 Å². The summed E-state index contributed by atoms with van der Waals surface area (Å²) in [5.74, 6) is -0.645. The van der Waals surface area contributed by atoms with Crippen LogP contribution in [0.15, 0.2) is 164 Å². The second kappa shape index (κ2) is 16.5. The molecular weight excluding hydrogens is 879 g/mol. The summed E-state index contributed by atoms with van der Waals surface area (Å²) in [6, 6.07) is 61.3. The molecule has 368 valence electrons. The molecule has 8 aromatic rings. The fourth-order valence-corrected chi connectivity index (χ4v) is 14.5. The molecule has 1 nitrogen and oxygen atoms in total. The van der Waals surface area contributed by atoms with Crippen molar-refractivity contribution in [2.75, 3.05) is 4.90 Å². The van der Waals surface area contributed by atoms with Gasteiger partial charge in [-0.3, -0.25) is 0 Å². The average Bonchev–Trinajstić information content (AvgIpc) is 3.60. The predicted molar refractivity (Wildman–Crippen MR) is 309 cm³/mol. The van der Waals surface area contributed by atoms with Gasteiger partial charge in [-0.2, -0.15) is 0 Å². The second-order valence-corrected chi connectivity index (χ2v) is 26.1. The zero-order chi connectivity index (χ0) is 53.6. The molecule has 8 aromatic carbocycles. The lowest BCUT2D eigenvalue weighted by molar-refractivity contribution is 0.331. The van der Waals surface area contributed by atoms with E-state index in [1.54, 1.807) is 0 Å². The van der Waals surface area contributed by atoms with Crippen molar-refractivity contribution < 1.29 is 4.11 Å². The number of fused-ring (bicyclic) bond motifs is 6. The highest BCUT2D eigenvalue weighted by Gasteiger charge is 2.48. The van der Waals surface area contributed by atoms with Crippen LogP contribution in [0.4, 0.5) is 17.1 Å². The first kappa shape index (κ1) is 44.1. The standard InChI is InChI=1S/C72H75N/c1-44-35-58-64(51-31-29-47(68(3,4)5)38-54(51)46-23-17-14-18-24-46)55-39-50(73(48-25-19-15-20-26-48)49-27-21-16-22-28-49)30-32-52(55)66-57-42-62-61(69(6,7)33-34-70(62,8)9)41-56(57)65(59(36-44)67(58)66)53-40-63-60(37-45(53)2)71(10,11)43-72(63,12)13/h14-32,35-42,64-66H,33-34,43H2,1-13H3/i1D3. The van der Waals surface area contributed by atoms with Crippen LogP contribution < -0.4 is 4.90 Å². The van der Waals surface area contributed by atoms with Gasteiger partial charge in [0.2, 0.25) is 0 Å². The first-order chi connectivity index (χ1) is 35.8. The van der Waals surface area contributed by atoms with Gasteiger partial charge < -0.3 is 4.90 Å². The topological polar surface area (TPSA) is 3.24 Å². The van der Waals surface area contributed by atoms with E-state index in [4.69, 9.17) is 0 Å². The van der Waals surface area contributed by atoms with Crippen LogP contribution in [0.25, 0.3) is 11.1 Å². The van der Waals surface area contributed by atoms with Gasteiger partial charge in [0.25, 0.3) is 0 Å². The summed E-state index contributed by atoms with van der Waals surface area (Å²) in [6.45, 7) is 26.3. The summed E-state index contributed by atoms with van der Waals surface area (Å²) in [4.78, 5) is 2.38. The third-order valence-corrected chi connectivity index (χ3v) is 18.2. The van der Waals surface area contributed by atoms with Gasteiger partial charge in [-0.25, -0.2) is 0 Å². The highest BCUT2D eigenvalue weighted by molar-refractivity contribution is 5.81. The smallest absolute Gasteiger partial charge is 0.0464 e. The number of nitrogens with zero attached hydrogens (tertiary/aromatic N) is 1. The maximum atomic E-state index is 9.40. The van der Waals surface area contributed by atoms with Crippen molar-refractivity contribution in [2.24, 2.45) is 0 Å². The summed E-state index contributed by atoms with van der Waals surface area (Å²) >= 11 is 0. The molecule has 1 heteroatoms. The Hall–Kier alpha value is -6.44. The Morgan fingerprint density at radius 1 is 0.438 bits per heavy atom.